The van der Waals surface area contributed by atoms with E-state index < -0.39 is 4.92 Å². The molecular formula is C11H13N5O2. The maximum atomic E-state index is 10.9. The number of nitrogens with one attached hydrogen (secondary N) is 1. The van der Waals surface area contributed by atoms with Gasteiger partial charge in [0, 0.05) is 31.2 Å². The molecule has 2 aromatic heterocycles. The van der Waals surface area contributed by atoms with E-state index in [1.165, 1.54) is 6.07 Å². The average molecular weight is 247 g/mol. The van der Waals surface area contributed by atoms with Crippen molar-refractivity contribution in [3.63, 3.8) is 0 Å². The smallest absolute Gasteiger partial charge is 0.311 e. The lowest BCUT2D eigenvalue weighted by Crippen LogP contribution is -2.09. The Balaban J connectivity index is 2.20. The summed E-state index contributed by atoms with van der Waals surface area (Å²) in [6, 6.07) is 3.06. The standard InChI is InChI=1S/C11H13N5O2/c1-8-3-4-9(16(17)18)11(14-8)13-7-10-12-5-6-15(10)2/h3-6H,7H2,1-2H3,(H,13,14). The Morgan fingerprint density at radius 1 is 1.50 bits per heavy atom. The second-order valence-electron chi connectivity index (χ2n) is 3.89. The van der Waals surface area contributed by atoms with Crippen LogP contribution in [0.4, 0.5) is 11.5 Å². The molecule has 0 saturated heterocycles. The fourth-order valence-corrected chi connectivity index (χ4v) is 1.56. The average Bonchev–Trinajstić information content (AvgIpc) is 2.72. The van der Waals surface area contributed by atoms with Gasteiger partial charge in [-0.3, -0.25) is 10.1 Å². The maximum Gasteiger partial charge on any atom is 0.311 e. The van der Waals surface area contributed by atoms with Crippen molar-refractivity contribution in [3.05, 3.63) is 46.2 Å². The normalized spacial score (nSPS) is 10.3. The molecule has 7 nitrogen and oxygen atoms in total. The fourth-order valence-electron chi connectivity index (χ4n) is 1.56. The molecule has 2 heterocycles. The van der Waals surface area contributed by atoms with Gasteiger partial charge in [0.15, 0.2) is 0 Å². The monoisotopic (exact) mass is 247 g/mol. The van der Waals surface area contributed by atoms with Gasteiger partial charge in [0.25, 0.3) is 0 Å². The van der Waals surface area contributed by atoms with E-state index in [0.717, 1.165) is 11.5 Å². The van der Waals surface area contributed by atoms with Crippen LogP contribution in [0.25, 0.3) is 0 Å². The highest BCUT2D eigenvalue weighted by molar-refractivity contribution is 5.56. The van der Waals surface area contributed by atoms with Gasteiger partial charge in [-0.25, -0.2) is 9.97 Å². The molecule has 0 fully saturated rings. The van der Waals surface area contributed by atoms with E-state index in [1.807, 2.05) is 17.8 Å². The first-order valence-electron chi connectivity index (χ1n) is 5.40. The molecule has 0 atom stereocenters. The third-order valence-electron chi connectivity index (χ3n) is 2.54. The predicted octanol–water partition coefficient (Wildman–Crippen LogP) is 1.64. The molecule has 0 aliphatic rings. The van der Waals surface area contributed by atoms with E-state index in [1.54, 1.807) is 19.2 Å². The lowest BCUT2D eigenvalue weighted by molar-refractivity contribution is -0.384. The van der Waals surface area contributed by atoms with Crippen molar-refractivity contribution < 1.29 is 4.92 Å². The third-order valence-corrected chi connectivity index (χ3v) is 2.54. The van der Waals surface area contributed by atoms with Crippen LogP contribution in [0.15, 0.2) is 24.5 Å². The van der Waals surface area contributed by atoms with Crippen LogP contribution in [0.5, 0.6) is 0 Å². The van der Waals surface area contributed by atoms with Gasteiger partial charge in [-0.05, 0) is 13.0 Å². The van der Waals surface area contributed by atoms with Crippen molar-refractivity contribution in [2.24, 2.45) is 7.05 Å². The van der Waals surface area contributed by atoms with Crippen LogP contribution < -0.4 is 5.32 Å². The molecule has 0 unspecified atom stereocenters. The molecule has 2 rings (SSSR count). The summed E-state index contributed by atoms with van der Waals surface area (Å²) < 4.78 is 1.84. The first kappa shape index (κ1) is 12.0. The Kier molecular flexibility index (Phi) is 3.22. The highest BCUT2D eigenvalue weighted by atomic mass is 16.6. The van der Waals surface area contributed by atoms with E-state index in [2.05, 4.69) is 15.3 Å². The summed E-state index contributed by atoms with van der Waals surface area (Å²) >= 11 is 0. The van der Waals surface area contributed by atoms with Gasteiger partial charge >= 0.3 is 5.69 Å². The number of aromatic nitrogens is 3. The molecular weight excluding hydrogens is 234 g/mol. The van der Waals surface area contributed by atoms with Crippen LogP contribution in [-0.4, -0.2) is 19.5 Å². The lowest BCUT2D eigenvalue weighted by Gasteiger charge is -2.06. The van der Waals surface area contributed by atoms with Gasteiger partial charge < -0.3 is 9.88 Å². The Morgan fingerprint density at radius 3 is 2.89 bits per heavy atom. The summed E-state index contributed by atoms with van der Waals surface area (Å²) in [6.45, 7) is 2.18. The fraction of sp³-hybridized carbons (Fsp3) is 0.273. The minimum atomic E-state index is -0.451. The van der Waals surface area contributed by atoms with Gasteiger partial charge in [-0.15, -0.1) is 0 Å². The number of anilines is 1. The molecule has 0 saturated carbocycles. The topological polar surface area (TPSA) is 85.9 Å². The van der Waals surface area contributed by atoms with Crippen molar-refractivity contribution in [2.75, 3.05) is 5.32 Å². The largest absolute Gasteiger partial charge is 0.357 e. The quantitative estimate of drug-likeness (QED) is 0.655. The number of nitrogens with zero attached hydrogens (tertiary/aromatic N) is 4. The summed E-state index contributed by atoms with van der Waals surface area (Å²) in [4.78, 5) is 18.7. The number of aryl methyl sites for hydroxylation is 2. The second-order valence-corrected chi connectivity index (χ2v) is 3.89. The SMILES string of the molecule is Cc1ccc([N+](=O)[O-])c(NCc2nccn2C)n1. The van der Waals surface area contributed by atoms with Crippen LogP contribution in [-0.2, 0) is 13.6 Å². The first-order chi connectivity index (χ1) is 8.58. The Labute approximate surface area is 104 Å². The van der Waals surface area contributed by atoms with E-state index in [9.17, 15) is 10.1 Å². The summed E-state index contributed by atoms with van der Waals surface area (Å²) in [5.74, 6) is 1.05. The highest BCUT2D eigenvalue weighted by Gasteiger charge is 2.15. The van der Waals surface area contributed by atoms with Crippen molar-refractivity contribution in [1.82, 2.24) is 14.5 Å². The summed E-state index contributed by atoms with van der Waals surface area (Å²) in [7, 11) is 1.86. The van der Waals surface area contributed by atoms with Crippen LogP contribution in [0.3, 0.4) is 0 Å². The Morgan fingerprint density at radius 2 is 2.28 bits per heavy atom. The zero-order valence-electron chi connectivity index (χ0n) is 10.1. The minimum absolute atomic E-state index is 0.0326. The Bertz CT molecular complexity index is 579. The molecule has 18 heavy (non-hydrogen) atoms. The number of pyridine rings is 1. The number of imidazole rings is 1. The predicted molar refractivity (Wildman–Crippen MR) is 66.2 cm³/mol. The van der Waals surface area contributed by atoms with E-state index in [0.29, 0.717) is 6.54 Å². The summed E-state index contributed by atoms with van der Waals surface area (Å²) in [5.41, 5.74) is 0.692. The molecule has 2 aromatic rings. The van der Waals surface area contributed by atoms with Gasteiger partial charge in [-0.2, -0.15) is 0 Å². The van der Waals surface area contributed by atoms with Crippen molar-refractivity contribution in [3.8, 4) is 0 Å². The summed E-state index contributed by atoms with van der Waals surface area (Å²) in [5, 5.41) is 13.8. The Hall–Kier alpha value is -2.44. The van der Waals surface area contributed by atoms with Crippen LogP contribution in [0.1, 0.15) is 11.5 Å². The number of hydrogen-bond donors (Lipinski definition) is 1. The van der Waals surface area contributed by atoms with E-state index in [4.69, 9.17) is 0 Å². The number of nitro groups is 1. The highest BCUT2D eigenvalue weighted by Crippen LogP contribution is 2.22. The maximum absolute atomic E-state index is 10.9. The van der Waals surface area contributed by atoms with Gasteiger partial charge in [0.2, 0.25) is 5.82 Å². The molecule has 0 radical (unpaired) electrons. The van der Waals surface area contributed by atoms with Crippen LogP contribution in [0.2, 0.25) is 0 Å². The van der Waals surface area contributed by atoms with E-state index in [-0.39, 0.29) is 11.5 Å². The minimum Gasteiger partial charge on any atom is -0.357 e. The molecule has 0 aliphatic heterocycles. The molecule has 0 bridgehead atoms. The molecule has 0 spiro atoms. The third kappa shape index (κ3) is 2.45. The number of hydrogen-bond acceptors (Lipinski definition) is 5. The van der Waals surface area contributed by atoms with E-state index >= 15 is 0 Å². The summed E-state index contributed by atoms with van der Waals surface area (Å²) in [6.07, 6.45) is 3.49. The molecule has 0 aliphatic carbocycles. The molecule has 94 valence electrons. The lowest BCUT2D eigenvalue weighted by atomic mass is 10.3. The van der Waals surface area contributed by atoms with Crippen molar-refractivity contribution in [1.29, 1.82) is 0 Å². The van der Waals surface area contributed by atoms with Gasteiger partial charge in [0.1, 0.15) is 5.82 Å². The van der Waals surface area contributed by atoms with Gasteiger partial charge in [-0.1, -0.05) is 0 Å². The van der Waals surface area contributed by atoms with Crippen molar-refractivity contribution in [2.45, 2.75) is 13.5 Å². The molecule has 7 heteroatoms. The van der Waals surface area contributed by atoms with Gasteiger partial charge in [0.05, 0.1) is 11.5 Å². The zero-order valence-corrected chi connectivity index (χ0v) is 10.1. The zero-order chi connectivity index (χ0) is 13.1. The van der Waals surface area contributed by atoms with Crippen LogP contribution >= 0.6 is 0 Å². The molecule has 1 N–H and O–H groups in total. The number of rotatable bonds is 4. The van der Waals surface area contributed by atoms with Crippen molar-refractivity contribution >= 4 is 11.5 Å². The molecule has 0 aromatic carbocycles. The first-order valence-corrected chi connectivity index (χ1v) is 5.40. The molecule has 0 amide bonds. The second kappa shape index (κ2) is 4.82. The van der Waals surface area contributed by atoms with Crippen LogP contribution in [0, 0.1) is 17.0 Å².